The Balaban J connectivity index is 1.44. The van der Waals surface area contributed by atoms with Crippen LogP contribution in [-0.2, 0) is 16.4 Å². The molecule has 2 heterocycles. The number of amidine groups is 1. The second-order valence-corrected chi connectivity index (χ2v) is 11.0. The molecular formula is C20H20ClN3O3S2. The molecule has 0 bridgehead atoms. The summed E-state index contributed by atoms with van der Waals surface area (Å²) >= 11 is 7.59. The van der Waals surface area contributed by atoms with Crippen LogP contribution < -0.4 is 10.6 Å². The van der Waals surface area contributed by atoms with Crippen molar-refractivity contribution < 1.29 is 13.2 Å². The number of sulfone groups is 1. The Bertz CT molecular complexity index is 1100. The van der Waals surface area contributed by atoms with Gasteiger partial charge in [0.1, 0.15) is 0 Å². The number of nitrogens with zero attached hydrogens (tertiary/aromatic N) is 1. The first kappa shape index (κ1) is 20.3. The Labute approximate surface area is 179 Å². The molecule has 0 aromatic heterocycles. The SMILES string of the molecule is Cc1ccc(C(=O)NCc2ccccc2Cl)cc1NC1=NC2CS(=O)(=O)CC2S1. The van der Waals surface area contributed by atoms with Gasteiger partial charge in [0, 0.05) is 28.1 Å². The molecule has 2 aromatic rings. The molecule has 2 aromatic carbocycles. The van der Waals surface area contributed by atoms with Crippen molar-refractivity contribution in [2.75, 3.05) is 16.8 Å². The predicted octanol–water partition coefficient (Wildman–Crippen LogP) is 3.26. The van der Waals surface area contributed by atoms with Crippen LogP contribution in [0.25, 0.3) is 0 Å². The van der Waals surface area contributed by atoms with E-state index in [9.17, 15) is 13.2 Å². The molecule has 2 unspecified atom stereocenters. The van der Waals surface area contributed by atoms with E-state index in [4.69, 9.17) is 11.6 Å². The van der Waals surface area contributed by atoms with Gasteiger partial charge in [0.25, 0.3) is 5.91 Å². The lowest BCUT2D eigenvalue weighted by Gasteiger charge is -2.12. The van der Waals surface area contributed by atoms with Gasteiger partial charge in [-0.2, -0.15) is 0 Å². The van der Waals surface area contributed by atoms with Crippen LogP contribution in [0.4, 0.5) is 5.69 Å². The lowest BCUT2D eigenvalue weighted by atomic mass is 10.1. The number of fused-ring (bicyclic) bond motifs is 1. The van der Waals surface area contributed by atoms with E-state index in [1.54, 1.807) is 18.2 Å². The number of amides is 1. The number of aryl methyl sites for hydroxylation is 1. The number of anilines is 1. The first-order valence-electron chi connectivity index (χ1n) is 9.15. The van der Waals surface area contributed by atoms with E-state index in [0.29, 0.717) is 22.3 Å². The summed E-state index contributed by atoms with van der Waals surface area (Å²) in [6.45, 7) is 2.29. The molecule has 2 atom stereocenters. The van der Waals surface area contributed by atoms with Gasteiger partial charge in [0.2, 0.25) is 0 Å². The number of rotatable bonds is 4. The van der Waals surface area contributed by atoms with Crippen LogP contribution in [0.1, 0.15) is 21.5 Å². The summed E-state index contributed by atoms with van der Waals surface area (Å²) in [5.74, 6) is 0.0803. The van der Waals surface area contributed by atoms with E-state index < -0.39 is 9.84 Å². The van der Waals surface area contributed by atoms with Gasteiger partial charge in [0.15, 0.2) is 15.0 Å². The molecule has 2 aliphatic heterocycles. The Morgan fingerprint density at radius 3 is 2.79 bits per heavy atom. The Kier molecular flexibility index (Phi) is 5.59. The van der Waals surface area contributed by atoms with E-state index in [0.717, 1.165) is 16.8 Å². The second kappa shape index (κ2) is 8.01. The summed E-state index contributed by atoms with van der Waals surface area (Å²) in [4.78, 5) is 17.1. The van der Waals surface area contributed by atoms with Crippen LogP contribution in [0.15, 0.2) is 47.5 Å². The van der Waals surface area contributed by atoms with E-state index >= 15 is 0 Å². The first-order valence-corrected chi connectivity index (χ1v) is 12.2. The highest BCUT2D eigenvalue weighted by molar-refractivity contribution is 8.15. The third-order valence-electron chi connectivity index (χ3n) is 4.96. The van der Waals surface area contributed by atoms with Gasteiger partial charge in [-0.1, -0.05) is 47.6 Å². The fourth-order valence-corrected chi connectivity index (χ4v) is 7.22. The van der Waals surface area contributed by atoms with Gasteiger partial charge < -0.3 is 10.6 Å². The maximum Gasteiger partial charge on any atom is 0.251 e. The van der Waals surface area contributed by atoms with Crippen molar-refractivity contribution in [2.45, 2.75) is 24.8 Å². The maximum absolute atomic E-state index is 12.6. The van der Waals surface area contributed by atoms with Gasteiger partial charge in [0.05, 0.1) is 17.5 Å². The number of benzene rings is 2. The fraction of sp³-hybridized carbons (Fsp3) is 0.300. The monoisotopic (exact) mass is 449 g/mol. The average molecular weight is 450 g/mol. The van der Waals surface area contributed by atoms with Crippen molar-refractivity contribution in [3.05, 3.63) is 64.2 Å². The molecule has 1 fully saturated rings. The van der Waals surface area contributed by atoms with E-state index in [1.807, 2.05) is 31.2 Å². The van der Waals surface area contributed by atoms with E-state index in [2.05, 4.69) is 15.6 Å². The molecule has 1 saturated heterocycles. The highest BCUT2D eigenvalue weighted by Crippen LogP contribution is 2.35. The Hall–Kier alpha value is -2.03. The van der Waals surface area contributed by atoms with Crippen LogP contribution in [0.2, 0.25) is 5.02 Å². The summed E-state index contributed by atoms with van der Waals surface area (Å²) in [5, 5.41) is 7.44. The standard InChI is InChI=1S/C20H20ClN3O3S2/c1-12-6-7-13(19(25)22-9-14-4-2-3-5-15(14)21)8-16(12)23-20-24-17-10-29(26,27)11-18(17)28-20/h2-8,17-18H,9-11H2,1H3,(H,22,25)(H,23,24). The molecular weight excluding hydrogens is 430 g/mol. The lowest BCUT2D eigenvalue weighted by Crippen LogP contribution is -2.23. The van der Waals surface area contributed by atoms with E-state index in [-0.39, 0.29) is 28.7 Å². The number of hydrogen-bond donors (Lipinski definition) is 2. The Morgan fingerprint density at radius 1 is 1.24 bits per heavy atom. The topological polar surface area (TPSA) is 87.6 Å². The molecule has 0 aliphatic carbocycles. The summed E-state index contributed by atoms with van der Waals surface area (Å²) in [6, 6.07) is 12.6. The van der Waals surface area contributed by atoms with Gasteiger partial charge >= 0.3 is 0 Å². The highest BCUT2D eigenvalue weighted by atomic mass is 35.5. The minimum Gasteiger partial charge on any atom is -0.348 e. The highest BCUT2D eigenvalue weighted by Gasteiger charge is 2.42. The number of nitrogens with one attached hydrogen (secondary N) is 2. The molecule has 1 amide bonds. The molecule has 9 heteroatoms. The quantitative estimate of drug-likeness (QED) is 0.748. The molecule has 0 saturated carbocycles. The van der Waals surface area contributed by atoms with Crippen molar-refractivity contribution in [1.82, 2.24) is 5.32 Å². The summed E-state index contributed by atoms with van der Waals surface area (Å²) in [5.41, 5.74) is 3.13. The summed E-state index contributed by atoms with van der Waals surface area (Å²) in [6.07, 6.45) is 0. The number of halogens is 1. The molecule has 0 spiro atoms. The average Bonchev–Trinajstić information content (AvgIpc) is 3.15. The largest absolute Gasteiger partial charge is 0.348 e. The van der Waals surface area contributed by atoms with Crippen molar-refractivity contribution in [3.8, 4) is 0 Å². The van der Waals surface area contributed by atoms with E-state index in [1.165, 1.54) is 11.8 Å². The number of carbonyl (C=O) groups is 1. The lowest BCUT2D eigenvalue weighted by molar-refractivity contribution is 0.0951. The molecule has 0 radical (unpaired) electrons. The Morgan fingerprint density at radius 2 is 2.03 bits per heavy atom. The molecule has 2 N–H and O–H groups in total. The van der Waals surface area contributed by atoms with Crippen LogP contribution >= 0.6 is 23.4 Å². The minimum atomic E-state index is -2.98. The zero-order valence-corrected chi connectivity index (χ0v) is 18.1. The van der Waals surface area contributed by atoms with Gasteiger partial charge in [-0.3, -0.25) is 9.79 Å². The first-order chi connectivity index (χ1) is 13.8. The molecule has 6 nitrogen and oxygen atoms in total. The molecule has 2 aliphatic rings. The normalized spacial score (nSPS) is 22.1. The number of hydrogen-bond acceptors (Lipinski definition) is 6. The smallest absolute Gasteiger partial charge is 0.251 e. The van der Waals surface area contributed by atoms with Gasteiger partial charge in [-0.25, -0.2) is 8.42 Å². The van der Waals surface area contributed by atoms with Gasteiger partial charge in [-0.15, -0.1) is 0 Å². The van der Waals surface area contributed by atoms with Crippen LogP contribution in [0.3, 0.4) is 0 Å². The van der Waals surface area contributed by atoms with Crippen molar-refractivity contribution >= 4 is 50.0 Å². The van der Waals surface area contributed by atoms with Crippen molar-refractivity contribution in [3.63, 3.8) is 0 Å². The number of aliphatic imine (C=N–C) groups is 1. The van der Waals surface area contributed by atoms with Crippen LogP contribution in [-0.4, -0.2) is 42.3 Å². The number of thioether (sulfide) groups is 1. The summed E-state index contributed by atoms with van der Waals surface area (Å²) < 4.78 is 23.4. The summed E-state index contributed by atoms with van der Waals surface area (Å²) in [7, 11) is -2.98. The van der Waals surface area contributed by atoms with Crippen LogP contribution in [0, 0.1) is 6.92 Å². The van der Waals surface area contributed by atoms with Crippen molar-refractivity contribution in [2.24, 2.45) is 4.99 Å². The third kappa shape index (κ3) is 4.60. The zero-order valence-electron chi connectivity index (χ0n) is 15.7. The molecule has 4 rings (SSSR count). The predicted molar refractivity (Wildman–Crippen MR) is 119 cm³/mol. The fourth-order valence-electron chi connectivity index (χ4n) is 3.35. The molecule has 29 heavy (non-hydrogen) atoms. The maximum atomic E-state index is 12.6. The van der Waals surface area contributed by atoms with Crippen molar-refractivity contribution in [1.29, 1.82) is 0 Å². The number of carbonyl (C=O) groups excluding carboxylic acids is 1. The van der Waals surface area contributed by atoms with Crippen LogP contribution in [0.5, 0.6) is 0 Å². The van der Waals surface area contributed by atoms with Gasteiger partial charge in [-0.05, 0) is 36.2 Å². The second-order valence-electron chi connectivity index (χ2n) is 7.16. The zero-order chi connectivity index (χ0) is 20.6. The minimum absolute atomic E-state index is 0.0232. The third-order valence-corrected chi connectivity index (χ3v) is 8.47. The molecule has 152 valence electrons.